The van der Waals surface area contributed by atoms with Crippen molar-refractivity contribution in [1.82, 2.24) is 10.3 Å². The normalized spacial score (nSPS) is 12.6. The quantitative estimate of drug-likeness (QED) is 0.642. The number of fused-ring (bicyclic) bond motifs is 1. The van der Waals surface area contributed by atoms with Crippen molar-refractivity contribution >= 4 is 21.6 Å². The minimum Gasteiger partial charge on any atom is -0.491 e. The molecule has 0 saturated carbocycles. The van der Waals surface area contributed by atoms with Gasteiger partial charge in [-0.15, -0.1) is 11.3 Å². The van der Waals surface area contributed by atoms with Gasteiger partial charge >= 0.3 is 0 Å². The summed E-state index contributed by atoms with van der Waals surface area (Å²) in [6.45, 7) is 5.67. The van der Waals surface area contributed by atoms with Crippen LogP contribution in [-0.4, -0.2) is 29.3 Å². The number of nitrogens with zero attached hydrogens (tertiary/aromatic N) is 1. The van der Waals surface area contributed by atoms with E-state index in [9.17, 15) is 5.11 Å². The van der Waals surface area contributed by atoms with E-state index in [2.05, 4.69) is 36.3 Å². The van der Waals surface area contributed by atoms with Crippen LogP contribution in [0.4, 0.5) is 0 Å². The summed E-state index contributed by atoms with van der Waals surface area (Å²) in [5.74, 6) is 1.24. The topological polar surface area (TPSA) is 54.4 Å². The summed E-state index contributed by atoms with van der Waals surface area (Å²) in [7, 11) is 0. The molecule has 132 valence electrons. The van der Waals surface area contributed by atoms with Gasteiger partial charge in [-0.3, -0.25) is 0 Å². The second-order valence-electron chi connectivity index (χ2n) is 6.36. The van der Waals surface area contributed by atoms with Crippen molar-refractivity contribution in [3.05, 3.63) is 59.1 Å². The van der Waals surface area contributed by atoms with E-state index in [0.717, 1.165) is 21.8 Å². The standard InChI is InChI=1S/C20H24N2O2S/c1-14(2)16-7-3-5-9-18(16)24-13-15(23)11-21-12-20-22-17-8-4-6-10-19(17)25-20/h3-10,14-15,21,23H,11-13H2,1-2H3/t15-/m0/s1. The third-order valence-corrected chi connectivity index (χ3v) is 5.00. The van der Waals surface area contributed by atoms with Crippen molar-refractivity contribution < 1.29 is 9.84 Å². The van der Waals surface area contributed by atoms with Crippen LogP contribution in [0.2, 0.25) is 0 Å². The highest BCUT2D eigenvalue weighted by Crippen LogP contribution is 2.26. The predicted molar refractivity (Wildman–Crippen MR) is 103 cm³/mol. The number of aliphatic hydroxyl groups is 1. The molecular weight excluding hydrogens is 332 g/mol. The van der Waals surface area contributed by atoms with E-state index in [0.29, 0.717) is 19.0 Å². The molecule has 0 saturated heterocycles. The number of ether oxygens (including phenoxy) is 1. The summed E-state index contributed by atoms with van der Waals surface area (Å²) in [4.78, 5) is 4.58. The Balaban J connectivity index is 1.46. The number of thiazole rings is 1. The molecule has 25 heavy (non-hydrogen) atoms. The van der Waals surface area contributed by atoms with Crippen LogP contribution in [0, 0.1) is 0 Å². The minimum absolute atomic E-state index is 0.274. The smallest absolute Gasteiger partial charge is 0.122 e. The number of benzene rings is 2. The van der Waals surface area contributed by atoms with Crippen molar-refractivity contribution in [2.75, 3.05) is 13.2 Å². The molecule has 0 amide bonds. The van der Waals surface area contributed by atoms with E-state index >= 15 is 0 Å². The summed E-state index contributed by atoms with van der Waals surface area (Å²) in [6, 6.07) is 16.1. The lowest BCUT2D eigenvalue weighted by molar-refractivity contribution is 0.105. The Labute approximate surface area is 152 Å². The van der Waals surface area contributed by atoms with Crippen LogP contribution in [0.1, 0.15) is 30.3 Å². The van der Waals surface area contributed by atoms with Gasteiger partial charge in [0.1, 0.15) is 23.5 Å². The molecule has 0 unspecified atom stereocenters. The molecule has 0 bridgehead atoms. The predicted octanol–water partition coefficient (Wildman–Crippen LogP) is 3.95. The number of nitrogens with one attached hydrogen (secondary N) is 1. The molecule has 3 aromatic rings. The van der Waals surface area contributed by atoms with Gasteiger partial charge < -0.3 is 15.2 Å². The third-order valence-electron chi connectivity index (χ3n) is 3.97. The first-order valence-electron chi connectivity index (χ1n) is 8.58. The van der Waals surface area contributed by atoms with Gasteiger partial charge in [0.15, 0.2) is 0 Å². The zero-order chi connectivity index (χ0) is 17.6. The molecule has 0 fully saturated rings. The average Bonchev–Trinajstić information content (AvgIpc) is 3.03. The summed E-state index contributed by atoms with van der Waals surface area (Å²) < 4.78 is 7.00. The maximum atomic E-state index is 10.2. The van der Waals surface area contributed by atoms with Gasteiger partial charge in [-0.05, 0) is 29.7 Å². The van der Waals surface area contributed by atoms with E-state index < -0.39 is 6.10 Å². The van der Waals surface area contributed by atoms with Gasteiger partial charge in [0, 0.05) is 13.1 Å². The first kappa shape index (κ1) is 17.9. The molecule has 4 nitrogen and oxygen atoms in total. The Hall–Kier alpha value is -1.95. The number of hydrogen-bond acceptors (Lipinski definition) is 5. The largest absolute Gasteiger partial charge is 0.491 e. The maximum absolute atomic E-state index is 10.2. The second-order valence-corrected chi connectivity index (χ2v) is 7.48. The molecule has 2 N–H and O–H groups in total. The van der Waals surface area contributed by atoms with Gasteiger partial charge in [-0.2, -0.15) is 0 Å². The average molecular weight is 356 g/mol. The van der Waals surface area contributed by atoms with Gasteiger partial charge in [0.2, 0.25) is 0 Å². The highest BCUT2D eigenvalue weighted by atomic mass is 32.1. The van der Waals surface area contributed by atoms with Crippen molar-refractivity contribution in [1.29, 1.82) is 0 Å². The van der Waals surface area contributed by atoms with Gasteiger partial charge in [0.05, 0.1) is 10.2 Å². The van der Waals surface area contributed by atoms with Crippen LogP contribution in [0.15, 0.2) is 48.5 Å². The Morgan fingerprint density at radius 2 is 1.88 bits per heavy atom. The lowest BCUT2D eigenvalue weighted by Gasteiger charge is -2.16. The first-order valence-corrected chi connectivity index (χ1v) is 9.40. The number of rotatable bonds is 8. The fraction of sp³-hybridized carbons (Fsp3) is 0.350. The van der Waals surface area contributed by atoms with Crippen molar-refractivity contribution in [2.24, 2.45) is 0 Å². The number of aromatic nitrogens is 1. The maximum Gasteiger partial charge on any atom is 0.122 e. The van der Waals surface area contributed by atoms with Gasteiger partial charge in [0.25, 0.3) is 0 Å². The van der Waals surface area contributed by atoms with E-state index in [4.69, 9.17) is 4.74 Å². The summed E-state index contributed by atoms with van der Waals surface area (Å²) in [6.07, 6.45) is -0.561. The van der Waals surface area contributed by atoms with E-state index in [1.807, 2.05) is 36.4 Å². The minimum atomic E-state index is -0.561. The highest BCUT2D eigenvalue weighted by Gasteiger charge is 2.10. The monoisotopic (exact) mass is 356 g/mol. The van der Waals surface area contributed by atoms with Crippen LogP contribution in [0.3, 0.4) is 0 Å². The molecule has 0 aliphatic rings. The lowest BCUT2D eigenvalue weighted by atomic mass is 10.0. The second kappa shape index (κ2) is 8.43. The number of hydrogen-bond donors (Lipinski definition) is 2. The van der Waals surface area contributed by atoms with Gasteiger partial charge in [-0.1, -0.05) is 44.2 Å². The summed E-state index contributed by atoms with van der Waals surface area (Å²) in [5, 5.41) is 14.4. The molecule has 5 heteroatoms. The molecule has 1 aromatic heterocycles. The zero-order valence-corrected chi connectivity index (χ0v) is 15.4. The van der Waals surface area contributed by atoms with Crippen LogP contribution in [0.25, 0.3) is 10.2 Å². The molecule has 0 aliphatic carbocycles. The Morgan fingerprint density at radius 1 is 1.12 bits per heavy atom. The number of aliphatic hydroxyl groups excluding tert-OH is 1. The summed E-state index contributed by atoms with van der Waals surface area (Å²) >= 11 is 1.68. The van der Waals surface area contributed by atoms with E-state index in [1.165, 1.54) is 4.70 Å². The van der Waals surface area contributed by atoms with Crippen molar-refractivity contribution in [3.63, 3.8) is 0 Å². The molecule has 0 aliphatic heterocycles. The van der Waals surface area contributed by atoms with Crippen molar-refractivity contribution in [2.45, 2.75) is 32.4 Å². The summed E-state index contributed by atoms with van der Waals surface area (Å²) in [5.41, 5.74) is 2.19. The molecule has 3 rings (SSSR count). The molecule has 0 radical (unpaired) electrons. The fourth-order valence-corrected chi connectivity index (χ4v) is 3.61. The third kappa shape index (κ3) is 4.78. The zero-order valence-electron chi connectivity index (χ0n) is 14.6. The SMILES string of the molecule is CC(C)c1ccccc1OC[C@@H](O)CNCc1nc2ccccc2s1. The Bertz CT molecular complexity index is 783. The molecule has 1 heterocycles. The van der Waals surface area contributed by atoms with Crippen LogP contribution in [-0.2, 0) is 6.54 Å². The lowest BCUT2D eigenvalue weighted by Crippen LogP contribution is -2.31. The highest BCUT2D eigenvalue weighted by molar-refractivity contribution is 7.18. The van der Waals surface area contributed by atoms with E-state index in [-0.39, 0.29) is 6.61 Å². The van der Waals surface area contributed by atoms with Crippen molar-refractivity contribution in [3.8, 4) is 5.75 Å². The fourth-order valence-electron chi connectivity index (χ4n) is 2.68. The molecule has 0 spiro atoms. The first-order chi connectivity index (χ1) is 12.1. The Kier molecular flexibility index (Phi) is 6.02. The van der Waals surface area contributed by atoms with Crippen LogP contribution < -0.4 is 10.1 Å². The molecule has 1 atom stereocenters. The molecular formula is C20H24N2O2S. The van der Waals surface area contributed by atoms with Gasteiger partial charge in [-0.25, -0.2) is 4.98 Å². The van der Waals surface area contributed by atoms with Crippen LogP contribution in [0.5, 0.6) is 5.75 Å². The number of para-hydroxylation sites is 2. The van der Waals surface area contributed by atoms with Crippen LogP contribution >= 0.6 is 11.3 Å². The van der Waals surface area contributed by atoms with E-state index in [1.54, 1.807) is 11.3 Å². The Morgan fingerprint density at radius 3 is 2.68 bits per heavy atom. The molecule has 2 aromatic carbocycles.